The van der Waals surface area contributed by atoms with E-state index < -0.39 is 0 Å². The lowest BCUT2D eigenvalue weighted by atomic mass is 10.2. The number of hydrogen-bond donors (Lipinski definition) is 1. The molecule has 2 aromatic carbocycles. The predicted molar refractivity (Wildman–Crippen MR) is 98.7 cm³/mol. The second kappa shape index (κ2) is 6.11. The smallest absolute Gasteiger partial charge is 0.272 e. The van der Waals surface area contributed by atoms with Crippen LogP contribution in [0.1, 0.15) is 17.1 Å². The topological polar surface area (TPSA) is 99.8 Å². The summed E-state index contributed by atoms with van der Waals surface area (Å²) in [6.45, 7) is 3.85. The molecule has 7 nitrogen and oxygen atoms in total. The van der Waals surface area contributed by atoms with E-state index in [0.717, 1.165) is 22.2 Å². The van der Waals surface area contributed by atoms with Crippen molar-refractivity contribution in [2.45, 2.75) is 20.4 Å². The third kappa shape index (κ3) is 2.83. The summed E-state index contributed by atoms with van der Waals surface area (Å²) in [7, 11) is 0. The molecular weight excluding hydrogens is 330 g/mol. The van der Waals surface area contributed by atoms with E-state index in [-0.39, 0.29) is 12.1 Å². The second-order valence-corrected chi connectivity index (χ2v) is 6.21. The number of rotatable bonds is 3. The number of nitrogens with two attached hydrogens (primary N) is 1. The minimum absolute atomic E-state index is 0.174. The minimum Gasteiger partial charge on any atom is -0.419 e. The summed E-state index contributed by atoms with van der Waals surface area (Å²) >= 11 is 0. The van der Waals surface area contributed by atoms with Crippen LogP contribution in [-0.4, -0.2) is 19.7 Å². The summed E-state index contributed by atoms with van der Waals surface area (Å²) < 4.78 is 7.36. The molecule has 2 N–H and O–H groups in total. The van der Waals surface area contributed by atoms with Crippen LogP contribution in [-0.2, 0) is 6.54 Å². The molecule has 26 heavy (non-hydrogen) atoms. The average molecular weight is 347 g/mol. The molecule has 0 radical (unpaired) electrons. The number of hydrogen-bond acceptors (Lipinski definition) is 6. The number of anilines is 1. The number of benzene rings is 2. The predicted octanol–water partition coefficient (Wildman–Crippen LogP) is 2.69. The van der Waals surface area contributed by atoms with Gasteiger partial charge in [0.15, 0.2) is 0 Å². The van der Waals surface area contributed by atoms with Gasteiger partial charge in [0.05, 0.1) is 11.0 Å². The van der Waals surface area contributed by atoms with Gasteiger partial charge in [-0.05, 0) is 49.7 Å². The van der Waals surface area contributed by atoms with Crippen LogP contribution in [0, 0.1) is 13.8 Å². The van der Waals surface area contributed by atoms with Crippen molar-refractivity contribution < 1.29 is 4.42 Å². The van der Waals surface area contributed by atoms with E-state index in [1.54, 1.807) is 23.6 Å². The van der Waals surface area contributed by atoms with E-state index >= 15 is 0 Å². The van der Waals surface area contributed by atoms with Gasteiger partial charge in [0, 0.05) is 11.3 Å². The van der Waals surface area contributed by atoms with Crippen LogP contribution in [0.25, 0.3) is 22.5 Å². The Morgan fingerprint density at radius 1 is 1.12 bits per heavy atom. The Bertz CT molecular complexity index is 1180. The van der Waals surface area contributed by atoms with Crippen LogP contribution < -0.4 is 11.3 Å². The average Bonchev–Trinajstić information content (AvgIpc) is 3.08. The van der Waals surface area contributed by atoms with Gasteiger partial charge >= 0.3 is 0 Å². The Morgan fingerprint density at radius 2 is 1.96 bits per heavy atom. The zero-order chi connectivity index (χ0) is 18.3. The Morgan fingerprint density at radius 3 is 2.77 bits per heavy atom. The monoisotopic (exact) mass is 347 g/mol. The molecule has 4 aromatic rings. The van der Waals surface area contributed by atoms with Gasteiger partial charge in [0.1, 0.15) is 12.2 Å². The standard InChI is InChI=1S/C19H17N5O2/c1-11-6-7-15-16(8-11)24(19(25)12(2)21-15)10-17-22-23-18(26-17)13-4-3-5-14(20)9-13/h3-9H,10,20H2,1-2H3. The lowest BCUT2D eigenvalue weighted by Crippen LogP contribution is -2.24. The van der Waals surface area contributed by atoms with Gasteiger partial charge < -0.3 is 10.2 Å². The Balaban J connectivity index is 1.78. The first-order chi connectivity index (χ1) is 12.5. The molecule has 0 aliphatic rings. The molecular formula is C19H17N5O2. The molecule has 0 unspecified atom stereocenters. The number of aryl methyl sites for hydroxylation is 2. The van der Waals surface area contributed by atoms with Gasteiger partial charge in [-0.1, -0.05) is 12.1 Å². The highest BCUT2D eigenvalue weighted by Gasteiger charge is 2.14. The number of fused-ring (bicyclic) bond motifs is 1. The van der Waals surface area contributed by atoms with E-state index in [1.807, 2.05) is 37.3 Å². The fourth-order valence-corrected chi connectivity index (χ4v) is 2.88. The quantitative estimate of drug-likeness (QED) is 0.572. The van der Waals surface area contributed by atoms with Crippen molar-refractivity contribution in [3.05, 3.63) is 70.0 Å². The maximum Gasteiger partial charge on any atom is 0.272 e. The number of aromatic nitrogens is 4. The summed E-state index contributed by atoms with van der Waals surface area (Å²) in [5, 5.41) is 8.15. The molecule has 0 fully saturated rings. The van der Waals surface area contributed by atoms with Crippen LogP contribution in [0.4, 0.5) is 5.69 Å². The van der Waals surface area contributed by atoms with Crippen molar-refractivity contribution in [2.24, 2.45) is 0 Å². The van der Waals surface area contributed by atoms with Gasteiger partial charge in [-0.2, -0.15) is 0 Å². The van der Waals surface area contributed by atoms with Crippen molar-refractivity contribution in [3.8, 4) is 11.5 Å². The van der Waals surface area contributed by atoms with E-state index in [2.05, 4.69) is 15.2 Å². The van der Waals surface area contributed by atoms with Crippen LogP contribution in [0.15, 0.2) is 51.7 Å². The molecule has 0 saturated carbocycles. The fourth-order valence-electron chi connectivity index (χ4n) is 2.88. The molecule has 2 aromatic heterocycles. The lowest BCUT2D eigenvalue weighted by molar-refractivity contribution is 0.487. The molecule has 130 valence electrons. The van der Waals surface area contributed by atoms with Gasteiger partial charge in [-0.15, -0.1) is 10.2 Å². The zero-order valence-electron chi connectivity index (χ0n) is 14.4. The summed E-state index contributed by atoms with van der Waals surface area (Å²) in [4.78, 5) is 17.0. The lowest BCUT2D eigenvalue weighted by Gasteiger charge is -2.09. The van der Waals surface area contributed by atoms with Crippen molar-refractivity contribution in [3.63, 3.8) is 0 Å². The van der Waals surface area contributed by atoms with Crippen LogP contribution in [0.3, 0.4) is 0 Å². The summed E-state index contributed by atoms with van der Waals surface area (Å²) in [6.07, 6.45) is 0. The number of nitrogen functional groups attached to an aromatic ring is 1. The maximum absolute atomic E-state index is 12.6. The Kier molecular flexibility index (Phi) is 3.76. The van der Waals surface area contributed by atoms with Crippen LogP contribution in [0.2, 0.25) is 0 Å². The Labute approximate surface area is 149 Å². The van der Waals surface area contributed by atoms with Gasteiger partial charge in [0.25, 0.3) is 5.56 Å². The Hall–Kier alpha value is -3.48. The van der Waals surface area contributed by atoms with Crippen molar-refractivity contribution in [1.82, 2.24) is 19.7 Å². The van der Waals surface area contributed by atoms with Gasteiger partial charge in [-0.25, -0.2) is 4.98 Å². The number of nitrogens with zero attached hydrogens (tertiary/aromatic N) is 4. The molecule has 2 heterocycles. The molecule has 0 amide bonds. The molecule has 0 aliphatic carbocycles. The highest BCUT2D eigenvalue weighted by atomic mass is 16.4. The summed E-state index contributed by atoms with van der Waals surface area (Å²) in [5.41, 5.74) is 9.94. The van der Waals surface area contributed by atoms with E-state index in [0.29, 0.717) is 23.2 Å². The molecule has 0 saturated heterocycles. The normalized spacial score (nSPS) is 11.2. The second-order valence-electron chi connectivity index (χ2n) is 6.21. The van der Waals surface area contributed by atoms with E-state index in [9.17, 15) is 4.79 Å². The van der Waals surface area contributed by atoms with Gasteiger partial charge in [0.2, 0.25) is 11.8 Å². The summed E-state index contributed by atoms with van der Waals surface area (Å²) in [5.74, 6) is 0.713. The van der Waals surface area contributed by atoms with Gasteiger partial charge in [-0.3, -0.25) is 9.36 Å². The maximum atomic E-state index is 12.6. The summed E-state index contributed by atoms with van der Waals surface area (Å²) in [6, 6.07) is 13.0. The first-order valence-electron chi connectivity index (χ1n) is 8.17. The first kappa shape index (κ1) is 16.0. The molecule has 0 aliphatic heterocycles. The zero-order valence-corrected chi connectivity index (χ0v) is 14.4. The van der Waals surface area contributed by atoms with Crippen molar-refractivity contribution in [1.29, 1.82) is 0 Å². The highest BCUT2D eigenvalue weighted by molar-refractivity contribution is 5.75. The molecule has 4 rings (SSSR count). The molecule has 0 spiro atoms. The molecule has 0 atom stereocenters. The van der Waals surface area contributed by atoms with E-state index in [1.165, 1.54) is 0 Å². The highest BCUT2D eigenvalue weighted by Crippen LogP contribution is 2.21. The first-order valence-corrected chi connectivity index (χ1v) is 8.17. The van der Waals surface area contributed by atoms with E-state index in [4.69, 9.17) is 10.2 Å². The molecule has 7 heteroatoms. The van der Waals surface area contributed by atoms with Crippen LogP contribution >= 0.6 is 0 Å². The SMILES string of the molecule is Cc1ccc2nc(C)c(=O)n(Cc3nnc(-c4cccc(N)c4)o3)c2c1. The van der Waals surface area contributed by atoms with Crippen molar-refractivity contribution in [2.75, 3.05) is 5.73 Å². The third-order valence-electron chi connectivity index (χ3n) is 4.16. The molecule has 0 bridgehead atoms. The minimum atomic E-state index is -0.174. The van der Waals surface area contributed by atoms with Crippen LogP contribution in [0.5, 0.6) is 0 Å². The third-order valence-corrected chi connectivity index (χ3v) is 4.16. The van der Waals surface area contributed by atoms with Crippen molar-refractivity contribution >= 4 is 16.7 Å². The fraction of sp³-hybridized carbons (Fsp3) is 0.158. The largest absolute Gasteiger partial charge is 0.419 e.